The van der Waals surface area contributed by atoms with Gasteiger partial charge in [0.2, 0.25) is 0 Å². The van der Waals surface area contributed by atoms with E-state index in [1.165, 1.54) is 20.0 Å². The zero-order valence-corrected chi connectivity index (χ0v) is 24.4. The minimum Gasteiger partial charge on any atom is -0.469 e. The third-order valence-corrected chi connectivity index (χ3v) is 14.2. The summed E-state index contributed by atoms with van der Waals surface area (Å²) in [6.45, 7) is 13.2. The lowest BCUT2D eigenvalue weighted by atomic mass is 9.41. The summed E-state index contributed by atoms with van der Waals surface area (Å²) in [5, 5.41) is 22.7. The maximum absolute atomic E-state index is 13.1. The van der Waals surface area contributed by atoms with Crippen molar-refractivity contribution in [3.63, 3.8) is 0 Å². The molecule has 13 atom stereocenters. The van der Waals surface area contributed by atoms with Gasteiger partial charge in [-0.05, 0) is 106 Å². The van der Waals surface area contributed by atoms with Gasteiger partial charge in [-0.3, -0.25) is 4.79 Å². The van der Waals surface area contributed by atoms with E-state index >= 15 is 0 Å². The maximum Gasteiger partial charge on any atom is 0.314 e. The van der Waals surface area contributed by atoms with Crippen LogP contribution in [0.25, 0.3) is 0 Å². The zero-order valence-electron chi connectivity index (χ0n) is 24.4. The van der Waals surface area contributed by atoms with Gasteiger partial charge in [0.15, 0.2) is 6.29 Å². The second-order valence-corrected chi connectivity index (χ2v) is 14.9. The van der Waals surface area contributed by atoms with Crippen molar-refractivity contribution >= 4 is 5.97 Å². The van der Waals surface area contributed by atoms with Gasteiger partial charge in [0.1, 0.15) is 0 Å². The Kier molecular flexibility index (Phi) is 6.11. The molecule has 214 valence electrons. The summed E-state index contributed by atoms with van der Waals surface area (Å²) < 4.78 is 17.7. The van der Waals surface area contributed by atoms with Crippen molar-refractivity contribution in [2.45, 2.75) is 117 Å². The lowest BCUT2D eigenvalue weighted by molar-refractivity contribution is -0.232. The fraction of sp³-hybridized carbons (Fsp3) is 0.906. The third kappa shape index (κ3) is 3.02. The van der Waals surface area contributed by atoms with Crippen LogP contribution in [-0.4, -0.2) is 55.0 Å². The van der Waals surface area contributed by atoms with Crippen LogP contribution < -0.4 is 0 Å². The van der Waals surface area contributed by atoms with Gasteiger partial charge in [-0.25, -0.2) is 0 Å². The molecule has 1 saturated heterocycles. The van der Waals surface area contributed by atoms with Crippen LogP contribution in [0.4, 0.5) is 0 Å². The van der Waals surface area contributed by atoms with Crippen molar-refractivity contribution in [1.29, 1.82) is 0 Å². The first-order valence-corrected chi connectivity index (χ1v) is 15.2. The molecule has 0 bridgehead atoms. The minimum absolute atomic E-state index is 0.0358. The van der Waals surface area contributed by atoms with Gasteiger partial charge in [0.05, 0.1) is 30.8 Å². The first-order valence-electron chi connectivity index (χ1n) is 15.2. The molecule has 2 N–H and O–H groups in total. The Balaban J connectivity index is 1.32. The first kappa shape index (κ1) is 27.2. The maximum atomic E-state index is 13.1. The molecule has 1 heterocycles. The Bertz CT molecular complexity index is 1010. The Morgan fingerprint density at radius 3 is 2.29 bits per heavy atom. The lowest BCUT2D eigenvalue weighted by Gasteiger charge is -2.64. The SMILES string of the molecule is C=C(C)[C@@H]1CCC([C@H]2CC[C@@]3(C)[C@@H]4CC[C@H]5C(C)(C(=O)OC)[C@@H](O)C[C@H](O)[C@@]56C[C@@]46CC[C@]23C)[C@@H](OC)O1. The Morgan fingerprint density at radius 2 is 1.63 bits per heavy atom. The Morgan fingerprint density at radius 1 is 0.921 bits per heavy atom. The summed E-state index contributed by atoms with van der Waals surface area (Å²) in [7, 11) is 3.22. The number of fused-ring (bicyclic) bond motifs is 2. The molecule has 2 spiro atoms. The number of ether oxygens (including phenoxy) is 3. The van der Waals surface area contributed by atoms with E-state index in [9.17, 15) is 15.0 Å². The van der Waals surface area contributed by atoms with E-state index in [-0.39, 0.29) is 52.4 Å². The number of rotatable bonds is 4. The average molecular weight is 531 g/mol. The second kappa shape index (κ2) is 8.53. The van der Waals surface area contributed by atoms with E-state index in [0.717, 1.165) is 50.5 Å². The number of carbonyl (C=O) groups is 1. The van der Waals surface area contributed by atoms with Crippen molar-refractivity contribution in [3.05, 3.63) is 12.2 Å². The van der Waals surface area contributed by atoms with E-state index in [1.807, 2.05) is 6.92 Å². The van der Waals surface area contributed by atoms with Crippen molar-refractivity contribution in [2.75, 3.05) is 14.2 Å². The molecular weight excluding hydrogens is 480 g/mol. The van der Waals surface area contributed by atoms with E-state index in [1.54, 1.807) is 7.11 Å². The van der Waals surface area contributed by atoms with Crippen LogP contribution >= 0.6 is 0 Å². The quantitative estimate of drug-likeness (QED) is 0.381. The highest BCUT2D eigenvalue weighted by atomic mass is 16.7. The van der Waals surface area contributed by atoms with E-state index in [0.29, 0.717) is 17.8 Å². The van der Waals surface area contributed by atoms with Crippen LogP contribution in [0.2, 0.25) is 0 Å². The molecule has 5 saturated carbocycles. The van der Waals surface area contributed by atoms with Crippen LogP contribution in [0.1, 0.15) is 91.9 Å². The summed E-state index contributed by atoms with van der Waals surface area (Å²) in [4.78, 5) is 13.1. The van der Waals surface area contributed by atoms with Crippen LogP contribution in [0.5, 0.6) is 0 Å². The molecule has 0 amide bonds. The third-order valence-electron chi connectivity index (χ3n) is 14.2. The summed E-state index contributed by atoms with van der Waals surface area (Å²) in [6.07, 6.45) is 8.42. The van der Waals surface area contributed by atoms with E-state index < -0.39 is 17.6 Å². The van der Waals surface area contributed by atoms with Gasteiger partial charge in [-0.2, -0.15) is 0 Å². The number of hydrogen-bond donors (Lipinski definition) is 2. The molecule has 2 unspecified atom stereocenters. The zero-order chi connectivity index (χ0) is 27.5. The smallest absolute Gasteiger partial charge is 0.314 e. The molecule has 6 heteroatoms. The van der Waals surface area contributed by atoms with E-state index in [2.05, 4.69) is 27.4 Å². The normalized spacial score (nSPS) is 57.2. The molecule has 0 radical (unpaired) electrons. The molecule has 6 aliphatic rings. The second-order valence-electron chi connectivity index (χ2n) is 14.9. The fourth-order valence-electron chi connectivity index (χ4n) is 12.1. The van der Waals surface area contributed by atoms with Crippen molar-refractivity contribution < 1.29 is 29.2 Å². The number of aliphatic hydroxyl groups is 2. The highest BCUT2D eigenvalue weighted by Gasteiger charge is 2.85. The molecule has 0 aromatic carbocycles. The highest BCUT2D eigenvalue weighted by Crippen LogP contribution is 2.89. The van der Waals surface area contributed by atoms with Gasteiger partial charge in [-0.1, -0.05) is 26.0 Å². The number of esters is 1. The topological polar surface area (TPSA) is 85.2 Å². The predicted octanol–water partition coefficient (Wildman–Crippen LogP) is 5.25. The largest absolute Gasteiger partial charge is 0.469 e. The summed E-state index contributed by atoms with van der Waals surface area (Å²) in [5.41, 5.74) is 0.267. The van der Waals surface area contributed by atoms with E-state index in [4.69, 9.17) is 14.2 Å². The van der Waals surface area contributed by atoms with Gasteiger partial charge in [-0.15, -0.1) is 0 Å². The predicted molar refractivity (Wildman–Crippen MR) is 144 cm³/mol. The minimum atomic E-state index is -0.951. The van der Waals surface area contributed by atoms with Gasteiger partial charge in [0.25, 0.3) is 0 Å². The lowest BCUT2D eigenvalue weighted by Crippen LogP contribution is -2.63. The van der Waals surface area contributed by atoms with Gasteiger partial charge < -0.3 is 24.4 Å². The molecule has 6 rings (SSSR count). The van der Waals surface area contributed by atoms with Crippen LogP contribution in [0.15, 0.2) is 12.2 Å². The number of hydrogen-bond acceptors (Lipinski definition) is 6. The molecule has 0 aromatic heterocycles. The van der Waals surface area contributed by atoms with Crippen LogP contribution in [0, 0.1) is 50.7 Å². The number of methoxy groups -OCH3 is 2. The van der Waals surface area contributed by atoms with Crippen LogP contribution in [-0.2, 0) is 19.0 Å². The average Bonchev–Trinajstić information content (AvgIpc) is 3.51. The van der Waals surface area contributed by atoms with Crippen molar-refractivity contribution in [1.82, 2.24) is 0 Å². The van der Waals surface area contributed by atoms with Crippen molar-refractivity contribution in [2.24, 2.45) is 50.7 Å². The molecule has 1 aliphatic heterocycles. The molecule has 5 aliphatic carbocycles. The molecule has 0 aromatic rings. The molecular formula is C32H50O6. The molecule has 38 heavy (non-hydrogen) atoms. The van der Waals surface area contributed by atoms with Crippen LogP contribution in [0.3, 0.4) is 0 Å². The summed E-state index contributed by atoms with van der Waals surface area (Å²) >= 11 is 0. The first-order chi connectivity index (χ1) is 17.9. The number of aliphatic hydroxyl groups excluding tert-OH is 2. The Hall–Kier alpha value is -0.950. The molecule has 6 nitrogen and oxygen atoms in total. The molecule has 6 fully saturated rings. The number of carbonyl (C=O) groups excluding carboxylic acids is 1. The Labute approximate surface area is 228 Å². The monoisotopic (exact) mass is 530 g/mol. The highest BCUT2D eigenvalue weighted by molar-refractivity contribution is 5.78. The van der Waals surface area contributed by atoms with Gasteiger partial charge >= 0.3 is 5.97 Å². The summed E-state index contributed by atoms with van der Waals surface area (Å²) in [6, 6.07) is 0. The fourth-order valence-corrected chi connectivity index (χ4v) is 12.1. The summed E-state index contributed by atoms with van der Waals surface area (Å²) in [5.74, 6) is 1.11. The standard InChI is InChI=1S/C32H50O6/c1-18(2)21-9-8-19(26(36-6)38-21)20-12-13-29(4)22-10-11-23-30(5,27(35)37-7)24(33)16-25(34)32(23)17-31(22,32)15-14-28(20,29)3/h19-26,33-34H,1,8-17H2,2-7H3/t19?,20-,21+,22+,23+,24+,25+,26+,28-,29+,30?,31+,32-/m1/s1. The van der Waals surface area contributed by atoms with Gasteiger partial charge in [0, 0.05) is 24.9 Å². The van der Waals surface area contributed by atoms with Crippen molar-refractivity contribution in [3.8, 4) is 0 Å².